The predicted octanol–water partition coefficient (Wildman–Crippen LogP) is 0.843. The van der Waals surface area contributed by atoms with Crippen LogP contribution in [0.2, 0.25) is 0 Å². The van der Waals surface area contributed by atoms with Crippen molar-refractivity contribution in [3.63, 3.8) is 0 Å². The lowest BCUT2D eigenvalue weighted by molar-refractivity contribution is 0.0691. The Morgan fingerprint density at radius 2 is 1.88 bits per heavy atom. The van der Waals surface area contributed by atoms with Crippen LogP contribution in [0.5, 0.6) is 0 Å². The number of hydrogen-bond donors (Lipinski definition) is 0. The number of nitrogens with zero attached hydrogens (tertiary/aromatic N) is 3. The molecule has 0 aromatic heterocycles. The number of rotatable bonds is 1. The first kappa shape index (κ1) is 10.9. The average molecular weight is 241 g/mol. The van der Waals surface area contributed by atoms with E-state index in [1.807, 2.05) is 11.8 Å². The summed E-state index contributed by atoms with van der Waals surface area (Å²) in [6, 6.07) is 0. The van der Waals surface area contributed by atoms with Gasteiger partial charge in [0, 0.05) is 31.9 Å². The molecule has 1 unspecified atom stereocenters. The molecule has 5 heteroatoms. The van der Waals surface area contributed by atoms with Crippen molar-refractivity contribution in [1.82, 2.24) is 9.80 Å². The molecule has 16 heavy (non-hydrogen) atoms. The van der Waals surface area contributed by atoms with Gasteiger partial charge in [0.05, 0.1) is 13.2 Å². The van der Waals surface area contributed by atoms with Gasteiger partial charge in [-0.15, -0.1) is 0 Å². The van der Waals surface area contributed by atoms with Gasteiger partial charge in [0.1, 0.15) is 6.17 Å². The van der Waals surface area contributed by atoms with E-state index in [2.05, 4.69) is 9.80 Å². The maximum atomic E-state index is 5.37. The minimum atomic E-state index is 0.449. The summed E-state index contributed by atoms with van der Waals surface area (Å²) in [6.45, 7) is 6.22. The fourth-order valence-electron chi connectivity index (χ4n) is 2.51. The second-order valence-electron chi connectivity index (χ2n) is 4.55. The molecule has 3 aliphatic heterocycles. The van der Waals surface area contributed by atoms with E-state index in [0.29, 0.717) is 6.17 Å². The fourth-order valence-corrected chi connectivity index (χ4v) is 3.65. The highest BCUT2D eigenvalue weighted by Crippen LogP contribution is 2.25. The van der Waals surface area contributed by atoms with Crippen LogP contribution in [0.1, 0.15) is 12.8 Å². The third-order valence-electron chi connectivity index (χ3n) is 3.46. The molecule has 0 N–H and O–H groups in total. The van der Waals surface area contributed by atoms with Gasteiger partial charge < -0.3 is 9.64 Å². The summed E-state index contributed by atoms with van der Waals surface area (Å²) in [5.74, 6) is 1.15. The molecule has 0 aliphatic carbocycles. The van der Waals surface area contributed by atoms with E-state index in [-0.39, 0.29) is 0 Å². The van der Waals surface area contributed by atoms with Crippen molar-refractivity contribution in [2.45, 2.75) is 19.0 Å². The number of likely N-dealkylation sites (tertiary alicyclic amines) is 1. The first-order valence-corrected chi connectivity index (χ1v) is 7.19. The highest BCUT2D eigenvalue weighted by molar-refractivity contribution is 8.14. The van der Waals surface area contributed by atoms with Crippen molar-refractivity contribution in [2.24, 2.45) is 4.99 Å². The molecule has 4 nitrogen and oxygen atoms in total. The first-order valence-electron chi connectivity index (χ1n) is 6.21. The smallest absolute Gasteiger partial charge is 0.161 e. The van der Waals surface area contributed by atoms with E-state index in [1.54, 1.807) is 0 Å². The van der Waals surface area contributed by atoms with Gasteiger partial charge in [-0.2, -0.15) is 0 Å². The highest BCUT2D eigenvalue weighted by Gasteiger charge is 2.29. The number of aliphatic imine (C=N–C) groups is 1. The van der Waals surface area contributed by atoms with Crippen LogP contribution >= 0.6 is 11.8 Å². The Kier molecular flexibility index (Phi) is 3.35. The van der Waals surface area contributed by atoms with Gasteiger partial charge in [-0.05, 0) is 12.8 Å². The monoisotopic (exact) mass is 241 g/mol. The van der Waals surface area contributed by atoms with Gasteiger partial charge >= 0.3 is 0 Å². The fraction of sp³-hybridized carbons (Fsp3) is 0.909. The van der Waals surface area contributed by atoms with Crippen LogP contribution in [0, 0.1) is 0 Å². The lowest BCUT2D eigenvalue weighted by Crippen LogP contribution is -2.39. The first-order chi connectivity index (χ1) is 7.93. The zero-order valence-electron chi connectivity index (χ0n) is 9.60. The summed E-state index contributed by atoms with van der Waals surface area (Å²) < 4.78 is 5.37. The molecule has 2 fully saturated rings. The Balaban J connectivity index is 1.61. The van der Waals surface area contributed by atoms with Gasteiger partial charge in [-0.3, -0.25) is 4.90 Å². The van der Waals surface area contributed by atoms with E-state index in [0.717, 1.165) is 32.1 Å². The van der Waals surface area contributed by atoms with Gasteiger partial charge in [-0.1, -0.05) is 11.8 Å². The van der Waals surface area contributed by atoms with Crippen LogP contribution in [0.4, 0.5) is 0 Å². The van der Waals surface area contributed by atoms with Crippen LogP contribution in [-0.2, 0) is 4.74 Å². The summed E-state index contributed by atoms with van der Waals surface area (Å²) in [6.07, 6.45) is 3.15. The summed E-state index contributed by atoms with van der Waals surface area (Å²) in [5.41, 5.74) is 0. The van der Waals surface area contributed by atoms with Crippen LogP contribution < -0.4 is 0 Å². The normalized spacial score (nSPS) is 32.1. The molecule has 0 radical (unpaired) electrons. The highest BCUT2D eigenvalue weighted by atomic mass is 32.2. The molecule has 0 amide bonds. The molecule has 2 saturated heterocycles. The molecule has 0 aromatic carbocycles. The van der Waals surface area contributed by atoms with Gasteiger partial charge in [0.2, 0.25) is 0 Å². The number of hydrogen-bond acceptors (Lipinski definition) is 5. The Bertz CT molecular complexity index is 272. The predicted molar refractivity (Wildman–Crippen MR) is 66.9 cm³/mol. The average Bonchev–Trinajstić information content (AvgIpc) is 3.01. The van der Waals surface area contributed by atoms with Gasteiger partial charge in [-0.25, -0.2) is 4.99 Å². The molecule has 3 heterocycles. The Morgan fingerprint density at radius 1 is 1.12 bits per heavy atom. The van der Waals surface area contributed by atoms with Crippen LogP contribution in [0.25, 0.3) is 0 Å². The lowest BCUT2D eigenvalue weighted by Gasteiger charge is -2.27. The molecule has 0 spiro atoms. The zero-order valence-corrected chi connectivity index (χ0v) is 10.4. The van der Waals surface area contributed by atoms with E-state index in [4.69, 9.17) is 9.73 Å². The number of thioether (sulfide) groups is 1. The summed E-state index contributed by atoms with van der Waals surface area (Å²) >= 11 is 1.92. The Labute approximate surface area is 101 Å². The SMILES string of the molecule is C1CCN(C2CSC(N3CCOCC3)=N2)C1. The van der Waals surface area contributed by atoms with E-state index in [9.17, 15) is 0 Å². The van der Waals surface area contributed by atoms with Gasteiger partial charge in [0.15, 0.2) is 5.17 Å². The number of ether oxygens (including phenoxy) is 1. The molecule has 1 atom stereocenters. The van der Waals surface area contributed by atoms with Crippen molar-refractivity contribution in [3.05, 3.63) is 0 Å². The number of amidine groups is 1. The third-order valence-corrected chi connectivity index (χ3v) is 4.55. The molecule has 3 rings (SSSR count). The van der Waals surface area contributed by atoms with Crippen LogP contribution in [0.3, 0.4) is 0 Å². The van der Waals surface area contributed by atoms with Crippen molar-refractivity contribution in [2.75, 3.05) is 45.1 Å². The minimum Gasteiger partial charge on any atom is -0.378 e. The van der Waals surface area contributed by atoms with E-state index < -0.39 is 0 Å². The largest absolute Gasteiger partial charge is 0.378 e. The maximum Gasteiger partial charge on any atom is 0.161 e. The van der Waals surface area contributed by atoms with Gasteiger partial charge in [0.25, 0.3) is 0 Å². The van der Waals surface area contributed by atoms with Crippen molar-refractivity contribution in [1.29, 1.82) is 0 Å². The zero-order chi connectivity index (χ0) is 10.8. The van der Waals surface area contributed by atoms with E-state index in [1.165, 1.54) is 31.1 Å². The summed E-state index contributed by atoms with van der Waals surface area (Å²) in [4.78, 5) is 9.78. The van der Waals surface area contributed by atoms with Crippen molar-refractivity contribution >= 4 is 16.9 Å². The Morgan fingerprint density at radius 3 is 2.62 bits per heavy atom. The molecule has 3 aliphatic rings. The van der Waals surface area contributed by atoms with Crippen molar-refractivity contribution < 1.29 is 4.74 Å². The molecular formula is C11H19N3OS. The standard InChI is InChI=1S/C11H19N3OS/c1-2-4-13(3-1)10-9-16-11(12-10)14-5-7-15-8-6-14/h10H,1-9H2. The van der Waals surface area contributed by atoms with E-state index >= 15 is 0 Å². The van der Waals surface area contributed by atoms with Crippen LogP contribution in [-0.4, -0.2) is 66.3 Å². The van der Waals surface area contributed by atoms with Crippen molar-refractivity contribution in [3.8, 4) is 0 Å². The summed E-state index contributed by atoms with van der Waals surface area (Å²) in [7, 11) is 0. The van der Waals surface area contributed by atoms with Crippen LogP contribution in [0.15, 0.2) is 4.99 Å². The quantitative estimate of drug-likeness (QED) is 0.680. The molecular weight excluding hydrogens is 222 g/mol. The topological polar surface area (TPSA) is 28.1 Å². The summed E-state index contributed by atoms with van der Waals surface area (Å²) in [5, 5.41) is 1.25. The third kappa shape index (κ3) is 2.21. The second-order valence-corrected chi connectivity index (χ2v) is 5.53. The maximum absolute atomic E-state index is 5.37. The molecule has 0 aromatic rings. The number of morpholine rings is 1. The Hall–Kier alpha value is -0.260. The molecule has 0 bridgehead atoms. The molecule has 0 saturated carbocycles. The molecule has 90 valence electrons. The lowest BCUT2D eigenvalue weighted by atomic mass is 10.4. The second kappa shape index (κ2) is 4.94. The minimum absolute atomic E-state index is 0.449.